The number of nitrogens with zero attached hydrogens (tertiary/aromatic N) is 2. The Kier molecular flexibility index (Phi) is 4.97. The lowest BCUT2D eigenvalue weighted by atomic mass is 9.90. The van der Waals surface area contributed by atoms with E-state index in [0.717, 1.165) is 24.0 Å². The average Bonchev–Trinajstić information content (AvgIpc) is 2.96. The molecule has 1 unspecified atom stereocenters. The first-order valence-corrected chi connectivity index (χ1v) is 8.56. The third-order valence-corrected chi connectivity index (χ3v) is 4.84. The summed E-state index contributed by atoms with van der Waals surface area (Å²) in [5.74, 6) is 0. The number of hydrogen-bond donors (Lipinski definition) is 0. The standard InChI is InChI=1S/C18H18Cl2N2O2/c1-18(14-10-15(19)21-16(20)11-14)8-5-9-22(18)17(23)24-12-13-6-3-2-4-7-13/h2-4,6-7,10-11H,5,8-9,12H2,1H3. The smallest absolute Gasteiger partial charge is 0.410 e. The topological polar surface area (TPSA) is 42.4 Å². The predicted octanol–water partition coefficient (Wildman–Crippen LogP) is 5.04. The molecule has 4 nitrogen and oxygen atoms in total. The minimum atomic E-state index is -0.496. The third kappa shape index (κ3) is 3.50. The molecule has 0 bridgehead atoms. The lowest BCUT2D eigenvalue weighted by Gasteiger charge is -2.35. The number of halogens is 2. The zero-order valence-electron chi connectivity index (χ0n) is 13.3. The second kappa shape index (κ2) is 6.99. The van der Waals surface area contributed by atoms with Crippen molar-refractivity contribution >= 4 is 29.3 Å². The number of ether oxygens (including phenoxy) is 1. The maximum Gasteiger partial charge on any atom is 0.410 e. The van der Waals surface area contributed by atoms with Crippen molar-refractivity contribution in [2.45, 2.75) is 31.9 Å². The molecule has 1 fully saturated rings. The summed E-state index contributed by atoms with van der Waals surface area (Å²) in [5, 5.41) is 0.645. The summed E-state index contributed by atoms with van der Waals surface area (Å²) in [4.78, 5) is 18.3. The van der Waals surface area contributed by atoms with E-state index in [1.54, 1.807) is 17.0 Å². The molecule has 0 N–H and O–H groups in total. The molecule has 0 spiro atoms. The van der Waals surface area contributed by atoms with Crippen LogP contribution in [0.1, 0.15) is 30.9 Å². The number of aromatic nitrogens is 1. The van der Waals surface area contributed by atoms with Crippen LogP contribution in [0.5, 0.6) is 0 Å². The summed E-state index contributed by atoms with van der Waals surface area (Å²) in [5.41, 5.74) is 1.34. The molecule has 1 aliphatic rings. The van der Waals surface area contributed by atoms with Crippen LogP contribution in [0.25, 0.3) is 0 Å². The lowest BCUT2D eigenvalue weighted by Crippen LogP contribution is -2.43. The monoisotopic (exact) mass is 364 g/mol. The predicted molar refractivity (Wildman–Crippen MR) is 94.2 cm³/mol. The van der Waals surface area contributed by atoms with Crippen molar-refractivity contribution < 1.29 is 9.53 Å². The van der Waals surface area contributed by atoms with Crippen LogP contribution in [0.3, 0.4) is 0 Å². The van der Waals surface area contributed by atoms with Crippen LogP contribution in [0.15, 0.2) is 42.5 Å². The first-order chi connectivity index (χ1) is 11.5. The Balaban J connectivity index is 1.77. The van der Waals surface area contributed by atoms with Crippen molar-refractivity contribution in [3.8, 4) is 0 Å². The lowest BCUT2D eigenvalue weighted by molar-refractivity contribution is 0.0693. The van der Waals surface area contributed by atoms with Crippen molar-refractivity contribution in [2.24, 2.45) is 0 Å². The van der Waals surface area contributed by atoms with Gasteiger partial charge >= 0.3 is 6.09 Å². The number of likely N-dealkylation sites (tertiary alicyclic amines) is 1. The highest BCUT2D eigenvalue weighted by atomic mass is 35.5. The number of carbonyl (C=O) groups is 1. The van der Waals surface area contributed by atoms with Gasteiger partial charge in [-0.25, -0.2) is 9.78 Å². The van der Waals surface area contributed by atoms with Gasteiger partial charge in [0.05, 0.1) is 5.54 Å². The van der Waals surface area contributed by atoms with Crippen molar-refractivity contribution in [2.75, 3.05) is 6.54 Å². The first kappa shape index (κ1) is 17.1. The Morgan fingerprint density at radius 3 is 2.58 bits per heavy atom. The average molecular weight is 365 g/mol. The van der Waals surface area contributed by atoms with Gasteiger partial charge in [0.25, 0.3) is 0 Å². The highest BCUT2D eigenvalue weighted by Gasteiger charge is 2.42. The fraction of sp³-hybridized carbons (Fsp3) is 0.333. The number of hydrogen-bond acceptors (Lipinski definition) is 3. The van der Waals surface area contributed by atoms with E-state index in [9.17, 15) is 4.79 Å². The van der Waals surface area contributed by atoms with Gasteiger partial charge in [-0.1, -0.05) is 53.5 Å². The second-order valence-corrected chi connectivity index (χ2v) is 6.84. The van der Waals surface area contributed by atoms with Gasteiger partial charge in [-0.2, -0.15) is 0 Å². The van der Waals surface area contributed by atoms with E-state index >= 15 is 0 Å². The summed E-state index contributed by atoms with van der Waals surface area (Å²) in [6, 6.07) is 13.2. The van der Waals surface area contributed by atoms with Crippen LogP contribution >= 0.6 is 23.2 Å². The fourth-order valence-corrected chi connectivity index (χ4v) is 3.59. The summed E-state index contributed by atoms with van der Waals surface area (Å²) in [7, 11) is 0. The second-order valence-electron chi connectivity index (χ2n) is 6.07. The summed E-state index contributed by atoms with van der Waals surface area (Å²) < 4.78 is 5.49. The van der Waals surface area contributed by atoms with Crippen molar-refractivity contribution in [3.63, 3.8) is 0 Å². The quantitative estimate of drug-likeness (QED) is 0.716. The molecule has 2 heterocycles. The summed E-state index contributed by atoms with van der Waals surface area (Å²) >= 11 is 12.1. The highest BCUT2D eigenvalue weighted by molar-refractivity contribution is 6.32. The number of rotatable bonds is 3. The van der Waals surface area contributed by atoms with E-state index in [-0.39, 0.29) is 12.7 Å². The van der Waals surface area contributed by atoms with E-state index in [4.69, 9.17) is 27.9 Å². The molecular formula is C18H18Cl2N2O2. The molecule has 0 radical (unpaired) electrons. The van der Waals surface area contributed by atoms with Crippen LogP contribution < -0.4 is 0 Å². The molecule has 24 heavy (non-hydrogen) atoms. The van der Waals surface area contributed by atoms with Gasteiger partial charge in [0.1, 0.15) is 16.9 Å². The van der Waals surface area contributed by atoms with Gasteiger partial charge in [-0.15, -0.1) is 0 Å². The number of carbonyl (C=O) groups excluding carboxylic acids is 1. The van der Waals surface area contributed by atoms with E-state index in [2.05, 4.69) is 4.98 Å². The molecular weight excluding hydrogens is 347 g/mol. The minimum Gasteiger partial charge on any atom is -0.445 e. The Morgan fingerprint density at radius 1 is 1.25 bits per heavy atom. The maximum atomic E-state index is 12.6. The highest BCUT2D eigenvalue weighted by Crippen LogP contribution is 2.40. The molecule has 126 valence electrons. The molecule has 0 saturated carbocycles. The van der Waals surface area contributed by atoms with Gasteiger partial charge in [-0.05, 0) is 43.0 Å². The number of pyridine rings is 1. The fourth-order valence-electron chi connectivity index (χ4n) is 3.13. The van der Waals surface area contributed by atoms with Gasteiger partial charge in [-0.3, -0.25) is 4.90 Å². The molecule has 1 amide bonds. The van der Waals surface area contributed by atoms with Crippen LogP contribution in [0, 0.1) is 0 Å². The van der Waals surface area contributed by atoms with Gasteiger partial charge < -0.3 is 4.74 Å². The van der Waals surface area contributed by atoms with Crippen molar-refractivity contribution in [1.29, 1.82) is 0 Å². The molecule has 1 aromatic heterocycles. The van der Waals surface area contributed by atoms with E-state index < -0.39 is 5.54 Å². The van der Waals surface area contributed by atoms with Crippen LogP contribution in [0.4, 0.5) is 4.79 Å². The molecule has 2 aromatic rings. The van der Waals surface area contributed by atoms with E-state index in [1.165, 1.54) is 0 Å². The van der Waals surface area contributed by atoms with Crippen molar-refractivity contribution in [1.82, 2.24) is 9.88 Å². The van der Waals surface area contributed by atoms with E-state index in [1.807, 2.05) is 37.3 Å². The first-order valence-electron chi connectivity index (χ1n) is 7.81. The Morgan fingerprint density at radius 2 is 1.92 bits per heavy atom. The summed E-state index contributed by atoms with van der Waals surface area (Å²) in [6.07, 6.45) is 1.39. The van der Waals surface area contributed by atoms with Gasteiger partial charge in [0.15, 0.2) is 0 Å². The molecule has 1 aliphatic heterocycles. The Hall–Kier alpha value is -1.78. The normalized spacial score (nSPS) is 20.2. The Labute approximate surface area is 151 Å². The molecule has 1 aromatic carbocycles. The molecule has 1 atom stereocenters. The van der Waals surface area contributed by atoms with Gasteiger partial charge in [0.2, 0.25) is 0 Å². The molecule has 6 heteroatoms. The molecule has 1 saturated heterocycles. The van der Waals surface area contributed by atoms with E-state index in [0.29, 0.717) is 16.9 Å². The van der Waals surface area contributed by atoms with Crippen LogP contribution in [-0.2, 0) is 16.9 Å². The van der Waals surface area contributed by atoms with Crippen LogP contribution in [-0.4, -0.2) is 22.5 Å². The zero-order valence-corrected chi connectivity index (χ0v) is 14.8. The number of benzene rings is 1. The Bertz CT molecular complexity index is 719. The minimum absolute atomic E-state index is 0.254. The third-order valence-electron chi connectivity index (χ3n) is 4.45. The van der Waals surface area contributed by atoms with Crippen LogP contribution in [0.2, 0.25) is 10.3 Å². The van der Waals surface area contributed by atoms with Crippen molar-refractivity contribution in [3.05, 3.63) is 63.9 Å². The molecule has 0 aliphatic carbocycles. The number of amides is 1. The van der Waals surface area contributed by atoms with Gasteiger partial charge in [0, 0.05) is 6.54 Å². The SMILES string of the molecule is CC1(c2cc(Cl)nc(Cl)c2)CCCN1C(=O)OCc1ccccc1. The summed E-state index contributed by atoms with van der Waals surface area (Å²) in [6.45, 7) is 2.90. The zero-order chi connectivity index (χ0) is 17.2. The maximum absolute atomic E-state index is 12.6. The largest absolute Gasteiger partial charge is 0.445 e. The molecule has 3 rings (SSSR count).